The Balaban J connectivity index is 1.79. The molecular formula is C11H16N4O4. The first-order valence-electron chi connectivity index (χ1n) is 5.79. The first-order valence-corrected chi connectivity index (χ1v) is 5.79. The van der Waals surface area contributed by atoms with Crippen LogP contribution in [0.5, 0.6) is 0 Å². The van der Waals surface area contributed by atoms with Gasteiger partial charge in [-0.2, -0.15) is 5.10 Å². The average Bonchev–Trinajstić information content (AvgIpc) is 2.68. The second-order valence-corrected chi connectivity index (χ2v) is 4.79. The number of rotatable bonds is 4. The summed E-state index contributed by atoms with van der Waals surface area (Å²) in [6, 6.07) is 1.42. The van der Waals surface area contributed by atoms with E-state index in [1.807, 2.05) is 0 Å². The molecule has 1 aromatic heterocycles. The van der Waals surface area contributed by atoms with Crippen LogP contribution in [0, 0.1) is 0 Å². The van der Waals surface area contributed by atoms with Crippen molar-refractivity contribution in [2.24, 2.45) is 7.05 Å². The molecule has 0 atom stereocenters. The fourth-order valence-electron chi connectivity index (χ4n) is 1.90. The number of nitrogens with one attached hydrogen (secondary N) is 1. The molecule has 8 nitrogen and oxygen atoms in total. The zero-order chi connectivity index (χ0) is 14.0. The van der Waals surface area contributed by atoms with Gasteiger partial charge in [0.1, 0.15) is 12.2 Å². The summed E-state index contributed by atoms with van der Waals surface area (Å²) in [6.07, 6.45) is 1.73. The molecule has 0 spiro atoms. The third-order valence-corrected chi connectivity index (χ3v) is 2.83. The topological polar surface area (TPSA) is 96.7 Å². The van der Waals surface area contributed by atoms with E-state index in [1.54, 1.807) is 30.9 Å². The Labute approximate surface area is 109 Å². The van der Waals surface area contributed by atoms with Crippen molar-refractivity contribution in [3.05, 3.63) is 12.3 Å². The number of urea groups is 1. The molecule has 1 aliphatic rings. The Morgan fingerprint density at radius 1 is 1.58 bits per heavy atom. The predicted octanol–water partition coefficient (Wildman–Crippen LogP) is 0.127. The Morgan fingerprint density at radius 2 is 2.26 bits per heavy atom. The highest BCUT2D eigenvalue weighted by molar-refractivity contribution is 5.89. The highest BCUT2D eigenvalue weighted by atomic mass is 16.5. The van der Waals surface area contributed by atoms with E-state index < -0.39 is 11.6 Å². The van der Waals surface area contributed by atoms with Crippen LogP contribution in [0.2, 0.25) is 0 Å². The summed E-state index contributed by atoms with van der Waals surface area (Å²) in [4.78, 5) is 23.8. The van der Waals surface area contributed by atoms with Crippen molar-refractivity contribution in [3.8, 4) is 0 Å². The van der Waals surface area contributed by atoms with E-state index in [1.165, 1.54) is 4.90 Å². The van der Waals surface area contributed by atoms with Crippen LogP contribution in [0.3, 0.4) is 0 Å². The van der Waals surface area contributed by atoms with Crippen molar-refractivity contribution >= 4 is 17.8 Å². The normalized spacial score (nSPS) is 16.8. The smallest absolute Gasteiger partial charge is 0.329 e. The molecule has 1 saturated heterocycles. The van der Waals surface area contributed by atoms with Crippen LogP contribution in [0.15, 0.2) is 12.3 Å². The van der Waals surface area contributed by atoms with Crippen LogP contribution >= 0.6 is 0 Å². The minimum absolute atomic E-state index is 0.268. The molecule has 2 amide bonds. The van der Waals surface area contributed by atoms with Crippen molar-refractivity contribution in [2.45, 2.75) is 12.5 Å². The van der Waals surface area contributed by atoms with Gasteiger partial charge in [-0.3, -0.25) is 10.00 Å². The highest BCUT2D eigenvalue weighted by Gasteiger charge is 2.42. The number of aryl methyl sites for hydroxylation is 1. The molecule has 2 rings (SSSR count). The molecule has 1 aliphatic heterocycles. The number of carboxylic acids is 1. The Hall–Kier alpha value is -2.09. The maximum atomic E-state index is 11.8. The highest BCUT2D eigenvalue weighted by Crippen LogP contribution is 2.25. The molecule has 0 saturated carbocycles. The molecule has 19 heavy (non-hydrogen) atoms. The summed E-state index contributed by atoms with van der Waals surface area (Å²) in [5.74, 6) is -0.537. The lowest BCUT2D eigenvalue weighted by atomic mass is 9.97. The van der Waals surface area contributed by atoms with Gasteiger partial charge < -0.3 is 14.7 Å². The predicted molar refractivity (Wildman–Crippen MR) is 65.8 cm³/mol. The van der Waals surface area contributed by atoms with E-state index in [4.69, 9.17) is 9.84 Å². The SMILES string of the molecule is Cn1ccc(NC(=O)N2CC(C)(OCC(=O)O)C2)n1. The molecule has 1 fully saturated rings. The third-order valence-electron chi connectivity index (χ3n) is 2.83. The molecular weight excluding hydrogens is 252 g/mol. The lowest BCUT2D eigenvalue weighted by Gasteiger charge is -2.46. The van der Waals surface area contributed by atoms with E-state index in [2.05, 4.69) is 10.4 Å². The van der Waals surface area contributed by atoms with Crippen LogP contribution in [-0.4, -0.2) is 57.1 Å². The lowest BCUT2D eigenvalue weighted by Crippen LogP contribution is -2.64. The van der Waals surface area contributed by atoms with Crippen LogP contribution in [0.1, 0.15) is 6.92 Å². The van der Waals surface area contributed by atoms with Gasteiger partial charge in [-0.25, -0.2) is 9.59 Å². The van der Waals surface area contributed by atoms with Gasteiger partial charge in [0.15, 0.2) is 5.82 Å². The number of hydrogen-bond donors (Lipinski definition) is 2. The quantitative estimate of drug-likeness (QED) is 0.809. The first kappa shape index (κ1) is 13.3. The summed E-state index contributed by atoms with van der Waals surface area (Å²) in [5.41, 5.74) is -0.583. The maximum absolute atomic E-state index is 11.8. The fourth-order valence-corrected chi connectivity index (χ4v) is 1.90. The van der Waals surface area contributed by atoms with Crippen LogP contribution in [0.4, 0.5) is 10.6 Å². The maximum Gasteiger partial charge on any atom is 0.329 e. The van der Waals surface area contributed by atoms with Crippen molar-refractivity contribution in [1.29, 1.82) is 0 Å². The monoisotopic (exact) mass is 268 g/mol. The Kier molecular flexibility index (Phi) is 3.43. The van der Waals surface area contributed by atoms with Gasteiger partial charge in [0, 0.05) is 19.3 Å². The van der Waals surface area contributed by atoms with Gasteiger partial charge in [0.25, 0.3) is 0 Å². The summed E-state index contributed by atoms with van der Waals surface area (Å²) in [5, 5.41) is 15.2. The van der Waals surface area contributed by atoms with Crippen molar-refractivity contribution < 1.29 is 19.4 Å². The molecule has 104 valence electrons. The molecule has 2 heterocycles. The summed E-state index contributed by atoms with van der Waals surface area (Å²) >= 11 is 0. The molecule has 1 aromatic rings. The minimum Gasteiger partial charge on any atom is -0.480 e. The fraction of sp³-hybridized carbons (Fsp3) is 0.545. The largest absolute Gasteiger partial charge is 0.480 e. The van der Waals surface area contributed by atoms with Crippen molar-refractivity contribution in [1.82, 2.24) is 14.7 Å². The molecule has 0 radical (unpaired) electrons. The number of aromatic nitrogens is 2. The summed E-state index contributed by atoms with van der Waals surface area (Å²) < 4.78 is 6.81. The number of anilines is 1. The van der Waals surface area contributed by atoms with Gasteiger partial charge in [0.2, 0.25) is 0 Å². The number of aliphatic carboxylic acids is 1. The average molecular weight is 268 g/mol. The minimum atomic E-state index is -1.02. The molecule has 0 bridgehead atoms. The molecule has 0 aliphatic carbocycles. The number of carbonyl (C=O) groups excluding carboxylic acids is 1. The van der Waals surface area contributed by atoms with E-state index >= 15 is 0 Å². The van der Waals surface area contributed by atoms with Crippen molar-refractivity contribution in [3.63, 3.8) is 0 Å². The standard InChI is InChI=1S/C11H16N4O4/c1-11(19-5-9(16)17)6-15(7-11)10(18)12-8-3-4-14(2)13-8/h3-4H,5-7H2,1-2H3,(H,16,17)(H,12,13,18). The lowest BCUT2D eigenvalue weighted by molar-refractivity contribution is -0.159. The Bertz CT molecular complexity index is 493. The van der Waals surface area contributed by atoms with Gasteiger partial charge in [-0.05, 0) is 6.92 Å². The first-order chi connectivity index (χ1) is 8.88. The van der Waals surface area contributed by atoms with E-state index in [0.29, 0.717) is 18.9 Å². The van der Waals surface area contributed by atoms with Crippen LogP contribution in [-0.2, 0) is 16.6 Å². The molecule has 0 unspecified atom stereocenters. The second-order valence-electron chi connectivity index (χ2n) is 4.79. The second kappa shape index (κ2) is 4.88. The number of nitrogens with zero attached hydrogens (tertiary/aromatic N) is 3. The van der Waals surface area contributed by atoms with Crippen LogP contribution < -0.4 is 5.32 Å². The number of hydrogen-bond acceptors (Lipinski definition) is 4. The molecule has 0 aromatic carbocycles. The third kappa shape index (κ3) is 3.22. The number of amides is 2. The summed E-state index contributed by atoms with van der Waals surface area (Å²) in [7, 11) is 1.76. The van der Waals surface area contributed by atoms with E-state index in [-0.39, 0.29) is 12.6 Å². The molecule has 8 heteroatoms. The van der Waals surface area contributed by atoms with Gasteiger partial charge in [-0.1, -0.05) is 0 Å². The van der Waals surface area contributed by atoms with E-state index in [0.717, 1.165) is 0 Å². The van der Waals surface area contributed by atoms with Gasteiger partial charge >= 0.3 is 12.0 Å². The zero-order valence-electron chi connectivity index (χ0n) is 10.8. The van der Waals surface area contributed by atoms with Crippen molar-refractivity contribution in [2.75, 3.05) is 25.0 Å². The molecule has 2 N–H and O–H groups in total. The van der Waals surface area contributed by atoms with Gasteiger partial charge in [0.05, 0.1) is 13.1 Å². The number of carboxylic acid groups (broad SMARTS) is 1. The number of ether oxygens (including phenoxy) is 1. The summed E-state index contributed by atoms with van der Waals surface area (Å²) in [6.45, 7) is 2.14. The van der Waals surface area contributed by atoms with Gasteiger partial charge in [-0.15, -0.1) is 0 Å². The Morgan fingerprint density at radius 3 is 2.79 bits per heavy atom. The van der Waals surface area contributed by atoms with Crippen LogP contribution in [0.25, 0.3) is 0 Å². The number of carbonyl (C=O) groups is 2. The zero-order valence-corrected chi connectivity index (χ0v) is 10.8. The number of likely N-dealkylation sites (tertiary alicyclic amines) is 1. The van der Waals surface area contributed by atoms with E-state index in [9.17, 15) is 9.59 Å².